The van der Waals surface area contributed by atoms with Crippen molar-refractivity contribution in [3.8, 4) is 5.75 Å². The second kappa shape index (κ2) is 9.37. The van der Waals surface area contributed by atoms with Gasteiger partial charge in [0.15, 0.2) is 0 Å². The lowest BCUT2D eigenvalue weighted by molar-refractivity contribution is -0.140. The van der Waals surface area contributed by atoms with Crippen LogP contribution in [0.15, 0.2) is 78.4 Å². The minimum Gasteiger partial charge on any atom is -0.507 e. The number of ketones is 1. The van der Waals surface area contributed by atoms with E-state index in [1.807, 2.05) is 42.5 Å². The number of carbonyl (C=O) groups excluding carboxylic acids is 2. The third-order valence-electron chi connectivity index (χ3n) is 6.28. The van der Waals surface area contributed by atoms with E-state index < -0.39 is 23.5 Å². The van der Waals surface area contributed by atoms with Gasteiger partial charge in [-0.1, -0.05) is 63.2 Å². The summed E-state index contributed by atoms with van der Waals surface area (Å²) < 4.78 is 18.9. The molecule has 0 aromatic heterocycles. The van der Waals surface area contributed by atoms with Gasteiger partial charge in [0, 0.05) is 11.1 Å². The second-order valence-corrected chi connectivity index (χ2v) is 9.62. The molecule has 5 nitrogen and oxygen atoms in total. The van der Waals surface area contributed by atoms with Crippen LogP contribution in [0.3, 0.4) is 0 Å². The Kier molecular flexibility index (Phi) is 6.48. The van der Waals surface area contributed by atoms with E-state index in [0.717, 1.165) is 11.1 Å². The van der Waals surface area contributed by atoms with Gasteiger partial charge in [-0.2, -0.15) is 0 Å². The van der Waals surface area contributed by atoms with Crippen LogP contribution < -0.4 is 4.74 Å². The van der Waals surface area contributed by atoms with Gasteiger partial charge >= 0.3 is 0 Å². The molecule has 3 aromatic carbocycles. The Balaban J connectivity index is 1.86. The monoisotopic (exact) mass is 473 g/mol. The van der Waals surface area contributed by atoms with Crippen molar-refractivity contribution >= 4 is 17.4 Å². The quantitative estimate of drug-likeness (QED) is 0.291. The zero-order valence-electron chi connectivity index (χ0n) is 20.2. The SMILES string of the molecule is COc1ccccc1CN1C(=O)C(=O)/C(=C(\O)c2ccc(F)cc2)C1c1ccc(C(C)(C)C)cc1. The van der Waals surface area contributed by atoms with Crippen molar-refractivity contribution in [2.45, 2.75) is 38.8 Å². The largest absolute Gasteiger partial charge is 0.507 e. The zero-order chi connectivity index (χ0) is 25.3. The van der Waals surface area contributed by atoms with Crippen molar-refractivity contribution < 1.29 is 23.8 Å². The molecule has 180 valence electrons. The molecule has 6 heteroatoms. The Morgan fingerprint density at radius 1 is 0.971 bits per heavy atom. The van der Waals surface area contributed by atoms with Crippen LogP contribution in [-0.4, -0.2) is 28.8 Å². The molecule has 1 atom stereocenters. The van der Waals surface area contributed by atoms with Crippen molar-refractivity contribution in [3.05, 3.63) is 106 Å². The number of likely N-dealkylation sites (tertiary alicyclic amines) is 1. The van der Waals surface area contributed by atoms with Gasteiger partial charge in [-0.25, -0.2) is 4.39 Å². The molecule has 0 spiro atoms. The first-order chi connectivity index (χ1) is 16.6. The number of methoxy groups -OCH3 is 1. The molecule has 0 saturated carbocycles. The predicted octanol–water partition coefficient (Wildman–Crippen LogP) is 5.75. The van der Waals surface area contributed by atoms with E-state index in [-0.39, 0.29) is 28.9 Å². The molecule has 1 N–H and O–H groups in total. The molecule has 1 saturated heterocycles. The first-order valence-corrected chi connectivity index (χ1v) is 11.4. The lowest BCUT2D eigenvalue weighted by Gasteiger charge is -2.27. The Hall–Kier alpha value is -3.93. The van der Waals surface area contributed by atoms with E-state index >= 15 is 0 Å². The van der Waals surface area contributed by atoms with Gasteiger partial charge in [-0.15, -0.1) is 0 Å². The minimum absolute atomic E-state index is 0.0278. The van der Waals surface area contributed by atoms with Gasteiger partial charge in [0.25, 0.3) is 11.7 Å². The standard InChI is InChI=1S/C29H28FNO4/c1-29(2,3)21-13-9-18(10-14-21)25-24(26(32)19-11-15-22(30)16-12-19)27(33)28(34)31(25)17-20-7-5-6-8-23(20)35-4/h5-16,25,32H,17H2,1-4H3/b26-24-. The van der Waals surface area contributed by atoms with E-state index in [0.29, 0.717) is 11.3 Å². The number of ether oxygens (including phenoxy) is 1. The molecule has 0 radical (unpaired) electrons. The molecule has 0 bridgehead atoms. The summed E-state index contributed by atoms with van der Waals surface area (Å²) in [5, 5.41) is 11.1. The van der Waals surface area contributed by atoms with Gasteiger partial charge in [0.1, 0.15) is 17.3 Å². The van der Waals surface area contributed by atoms with E-state index in [2.05, 4.69) is 20.8 Å². The number of amides is 1. The van der Waals surface area contributed by atoms with Crippen LogP contribution in [0, 0.1) is 5.82 Å². The number of halogens is 1. The van der Waals surface area contributed by atoms with E-state index in [9.17, 15) is 19.1 Å². The van der Waals surface area contributed by atoms with Gasteiger partial charge in [0.2, 0.25) is 0 Å². The molecule has 1 unspecified atom stereocenters. The fraction of sp³-hybridized carbons (Fsp3) is 0.241. The number of rotatable bonds is 5. The number of nitrogens with zero attached hydrogens (tertiary/aromatic N) is 1. The molecule has 1 amide bonds. The van der Waals surface area contributed by atoms with Crippen LogP contribution in [-0.2, 0) is 21.5 Å². The van der Waals surface area contributed by atoms with E-state index in [4.69, 9.17) is 4.74 Å². The van der Waals surface area contributed by atoms with Crippen molar-refractivity contribution in [3.63, 3.8) is 0 Å². The third kappa shape index (κ3) is 4.69. The summed E-state index contributed by atoms with van der Waals surface area (Å²) >= 11 is 0. The highest BCUT2D eigenvalue weighted by molar-refractivity contribution is 6.46. The van der Waals surface area contributed by atoms with Crippen LogP contribution in [0.25, 0.3) is 5.76 Å². The first-order valence-electron chi connectivity index (χ1n) is 11.4. The summed E-state index contributed by atoms with van der Waals surface area (Å²) in [6.45, 7) is 6.42. The molecule has 4 rings (SSSR count). The van der Waals surface area contributed by atoms with Crippen molar-refractivity contribution in [1.82, 2.24) is 4.90 Å². The lowest BCUT2D eigenvalue weighted by Crippen LogP contribution is -2.29. The topological polar surface area (TPSA) is 66.8 Å². The van der Waals surface area contributed by atoms with Gasteiger partial charge in [0.05, 0.1) is 25.3 Å². The summed E-state index contributed by atoms with van der Waals surface area (Å²) in [4.78, 5) is 27.9. The highest BCUT2D eigenvalue weighted by Gasteiger charge is 2.46. The highest BCUT2D eigenvalue weighted by atomic mass is 19.1. The maximum atomic E-state index is 13.5. The Morgan fingerprint density at radius 3 is 2.20 bits per heavy atom. The van der Waals surface area contributed by atoms with Crippen molar-refractivity contribution in [2.75, 3.05) is 7.11 Å². The normalized spacial score (nSPS) is 17.6. The lowest BCUT2D eigenvalue weighted by atomic mass is 9.85. The summed E-state index contributed by atoms with van der Waals surface area (Å²) in [5.74, 6) is -1.71. The minimum atomic E-state index is -0.820. The molecule has 1 fully saturated rings. The van der Waals surface area contributed by atoms with Crippen molar-refractivity contribution in [1.29, 1.82) is 0 Å². The molecule has 3 aromatic rings. The Bertz CT molecular complexity index is 1290. The number of aliphatic hydroxyl groups excluding tert-OH is 1. The number of Topliss-reactive ketones (excluding diaryl/α,β-unsaturated/α-hetero) is 1. The van der Waals surface area contributed by atoms with Crippen LogP contribution >= 0.6 is 0 Å². The molecule has 35 heavy (non-hydrogen) atoms. The van der Waals surface area contributed by atoms with Crippen LogP contribution in [0.5, 0.6) is 5.75 Å². The van der Waals surface area contributed by atoms with E-state index in [1.165, 1.54) is 29.2 Å². The summed E-state index contributed by atoms with van der Waals surface area (Å²) in [7, 11) is 1.55. The highest BCUT2D eigenvalue weighted by Crippen LogP contribution is 2.41. The average molecular weight is 474 g/mol. The Morgan fingerprint density at radius 2 is 1.60 bits per heavy atom. The zero-order valence-corrected chi connectivity index (χ0v) is 20.2. The number of hydrogen-bond donors (Lipinski definition) is 1. The molecular weight excluding hydrogens is 445 g/mol. The Labute approximate surface area is 204 Å². The van der Waals surface area contributed by atoms with E-state index in [1.54, 1.807) is 13.2 Å². The molecule has 0 aliphatic carbocycles. The number of para-hydroxylation sites is 1. The van der Waals surface area contributed by atoms with Gasteiger partial charge in [-0.05, 0) is 46.9 Å². The van der Waals surface area contributed by atoms with Crippen LogP contribution in [0.2, 0.25) is 0 Å². The fourth-order valence-corrected chi connectivity index (χ4v) is 4.34. The smallest absolute Gasteiger partial charge is 0.295 e. The number of aliphatic hydroxyl groups is 1. The first kappa shape index (κ1) is 24.2. The average Bonchev–Trinajstić information content (AvgIpc) is 3.09. The molecule has 1 heterocycles. The third-order valence-corrected chi connectivity index (χ3v) is 6.28. The summed E-state index contributed by atoms with van der Waals surface area (Å²) in [6, 6.07) is 19.3. The van der Waals surface area contributed by atoms with Crippen LogP contribution in [0.4, 0.5) is 4.39 Å². The number of benzene rings is 3. The van der Waals surface area contributed by atoms with Gasteiger partial charge in [-0.3, -0.25) is 9.59 Å². The van der Waals surface area contributed by atoms with Crippen molar-refractivity contribution in [2.24, 2.45) is 0 Å². The maximum absolute atomic E-state index is 13.5. The molecule has 1 aliphatic rings. The predicted molar refractivity (Wildman–Crippen MR) is 132 cm³/mol. The number of hydrogen-bond acceptors (Lipinski definition) is 4. The molecule has 1 aliphatic heterocycles. The maximum Gasteiger partial charge on any atom is 0.295 e. The van der Waals surface area contributed by atoms with Crippen LogP contribution in [0.1, 0.15) is 49.1 Å². The van der Waals surface area contributed by atoms with Gasteiger partial charge < -0.3 is 14.7 Å². The summed E-state index contributed by atoms with van der Waals surface area (Å²) in [5.41, 5.74) is 2.68. The fourth-order valence-electron chi connectivity index (χ4n) is 4.34. The molecular formula is C29H28FNO4. The number of carbonyl (C=O) groups is 2. The summed E-state index contributed by atoms with van der Waals surface area (Å²) in [6.07, 6.45) is 0. The second-order valence-electron chi connectivity index (χ2n) is 9.62.